The molecular formula is C23H33NO. The van der Waals surface area contributed by atoms with Crippen LogP contribution in [0, 0.1) is 0 Å². The van der Waals surface area contributed by atoms with Crippen LogP contribution in [-0.2, 0) is 5.41 Å². The maximum atomic E-state index is 5.85. The van der Waals surface area contributed by atoms with Crippen LogP contribution in [0.3, 0.4) is 0 Å². The summed E-state index contributed by atoms with van der Waals surface area (Å²) in [6.45, 7) is 6.29. The van der Waals surface area contributed by atoms with Crippen molar-refractivity contribution in [3.8, 4) is 5.75 Å². The average molecular weight is 340 g/mol. The third-order valence-electron chi connectivity index (χ3n) is 4.99. The van der Waals surface area contributed by atoms with Crippen LogP contribution in [0.25, 0.3) is 0 Å². The molecule has 0 bridgehead atoms. The fourth-order valence-corrected chi connectivity index (χ4v) is 3.25. The van der Waals surface area contributed by atoms with Gasteiger partial charge in [0, 0.05) is 12.0 Å². The second-order valence-corrected chi connectivity index (χ2v) is 7.33. The zero-order chi connectivity index (χ0) is 18.1. The van der Waals surface area contributed by atoms with E-state index < -0.39 is 0 Å². The van der Waals surface area contributed by atoms with Crippen LogP contribution in [0.5, 0.6) is 5.75 Å². The summed E-state index contributed by atoms with van der Waals surface area (Å²) in [5.41, 5.74) is 2.82. The van der Waals surface area contributed by atoms with E-state index in [0.29, 0.717) is 0 Å². The van der Waals surface area contributed by atoms with Crippen LogP contribution in [0.15, 0.2) is 54.6 Å². The topological polar surface area (TPSA) is 12.5 Å². The first-order valence-electron chi connectivity index (χ1n) is 9.50. The molecule has 2 rings (SSSR count). The fourth-order valence-electron chi connectivity index (χ4n) is 3.25. The van der Waals surface area contributed by atoms with Gasteiger partial charge in [0.2, 0.25) is 0 Å². The summed E-state index contributed by atoms with van der Waals surface area (Å²) < 4.78 is 5.85. The Hall–Kier alpha value is -1.80. The Bertz CT molecular complexity index is 606. The molecule has 0 aromatic heterocycles. The van der Waals surface area contributed by atoms with Gasteiger partial charge in [-0.1, -0.05) is 75.6 Å². The molecule has 0 saturated heterocycles. The van der Waals surface area contributed by atoms with E-state index in [-0.39, 0.29) is 5.41 Å². The number of ether oxygens (including phenoxy) is 1. The van der Waals surface area contributed by atoms with Crippen LogP contribution in [0.1, 0.15) is 50.7 Å². The van der Waals surface area contributed by atoms with Gasteiger partial charge in [0.15, 0.2) is 0 Å². The third-order valence-corrected chi connectivity index (χ3v) is 4.99. The Morgan fingerprint density at radius 1 is 0.880 bits per heavy atom. The van der Waals surface area contributed by atoms with Gasteiger partial charge in [-0.3, -0.25) is 0 Å². The van der Waals surface area contributed by atoms with Gasteiger partial charge in [-0.05, 0) is 43.8 Å². The summed E-state index contributed by atoms with van der Waals surface area (Å²) in [7, 11) is 4.13. The van der Waals surface area contributed by atoms with E-state index in [1.54, 1.807) is 0 Å². The van der Waals surface area contributed by atoms with Crippen molar-refractivity contribution in [3.63, 3.8) is 0 Å². The molecule has 0 fully saturated rings. The van der Waals surface area contributed by atoms with Crippen molar-refractivity contribution in [2.45, 2.75) is 44.9 Å². The molecule has 0 spiro atoms. The third kappa shape index (κ3) is 5.61. The average Bonchev–Trinajstić information content (AvgIpc) is 2.63. The maximum Gasteiger partial charge on any atom is 0.119 e. The summed E-state index contributed by atoms with van der Waals surface area (Å²) >= 11 is 0. The zero-order valence-electron chi connectivity index (χ0n) is 16.3. The van der Waals surface area contributed by atoms with Crippen LogP contribution < -0.4 is 4.74 Å². The normalized spacial score (nSPS) is 13.6. The number of unbranched alkanes of at least 4 members (excludes halogenated alkanes) is 2. The van der Waals surface area contributed by atoms with Crippen LogP contribution in [0.2, 0.25) is 0 Å². The van der Waals surface area contributed by atoms with Crippen molar-refractivity contribution in [3.05, 3.63) is 65.7 Å². The van der Waals surface area contributed by atoms with Gasteiger partial charge in [0.1, 0.15) is 12.4 Å². The zero-order valence-corrected chi connectivity index (χ0v) is 16.3. The number of nitrogens with zero attached hydrogens (tertiary/aromatic N) is 1. The largest absolute Gasteiger partial charge is 0.492 e. The number of benzene rings is 2. The molecule has 136 valence electrons. The van der Waals surface area contributed by atoms with E-state index in [2.05, 4.69) is 87.4 Å². The summed E-state index contributed by atoms with van der Waals surface area (Å²) in [6.07, 6.45) is 4.96. The van der Waals surface area contributed by atoms with E-state index >= 15 is 0 Å². The first kappa shape index (κ1) is 19.5. The lowest BCUT2D eigenvalue weighted by Crippen LogP contribution is -2.23. The SMILES string of the molecule is CCCCCC(C)(c1ccccc1)c1ccc(OCCN(C)C)cc1. The van der Waals surface area contributed by atoms with Crippen molar-refractivity contribution in [2.24, 2.45) is 0 Å². The molecule has 0 heterocycles. The Kier molecular flexibility index (Phi) is 7.52. The fraction of sp³-hybridized carbons (Fsp3) is 0.478. The molecule has 0 amide bonds. The molecule has 0 aliphatic carbocycles. The molecular weight excluding hydrogens is 306 g/mol. The Balaban J connectivity index is 2.16. The molecule has 2 heteroatoms. The number of likely N-dealkylation sites (N-methyl/N-ethyl adjacent to an activating group) is 1. The molecule has 0 N–H and O–H groups in total. The second kappa shape index (κ2) is 9.62. The smallest absolute Gasteiger partial charge is 0.119 e. The van der Waals surface area contributed by atoms with Gasteiger partial charge in [-0.15, -0.1) is 0 Å². The first-order chi connectivity index (χ1) is 12.1. The number of hydrogen-bond acceptors (Lipinski definition) is 2. The van der Waals surface area contributed by atoms with Crippen molar-refractivity contribution < 1.29 is 4.74 Å². The van der Waals surface area contributed by atoms with E-state index in [1.165, 1.54) is 36.8 Å². The van der Waals surface area contributed by atoms with Crippen LogP contribution >= 0.6 is 0 Å². The molecule has 2 aromatic rings. The van der Waals surface area contributed by atoms with Crippen LogP contribution in [-0.4, -0.2) is 32.1 Å². The molecule has 0 aliphatic rings. The summed E-state index contributed by atoms with van der Waals surface area (Å²) in [6, 6.07) is 19.6. The van der Waals surface area contributed by atoms with Crippen molar-refractivity contribution in [1.82, 2.24) is 4.90 Å². The van der Waals surface area contributed by atoms with E-state index in [0.717, 1.165) is 18.9 Å². The predicted molar refractivity (Wildman–Crippen MR) is 108 cm³/mol. The minimum Gasteiger partial charge on any atom is -0.492 e. The molecule has 0 aliphatic heterocycles. The Morgan fingerprint density at radius 2 is 1.52 bits per heavy atom. The second-order valence-electron chi connectivity index (χ2n) is 7.33. The van der Waals surface area contributed by atoms with E-state index in [9.17, 15) is 0 Å². The summed E-state index contributed by atoms with van der Waals surface area (Å²) in [5, 5.41) is 0. The van der Waals surface area contributed by atoms with Crippen molar-refractivity contribution in [2.75, 3.05) is 27.2 Å². The van der Waals surface area contributed by atoms with Gasteiger partial charge in [-0.2, -0.15) is 0 Å². The lowest BCUT2D eigenvalue weighted by Gasteiger charge is -2.31. The minimum absolute atomic E-state index is 0.0542. The molecule has 0 radical (unpaired) electrons. The highest BCUT2D eigenvalue weighted by Gasteiger charge is 2.28. The highest BCUT2D eigenvalue weighted by atomic mass is 16.5. The molecule has 1 atom stereocenters. The molecule has 1 unspecified atom stereocenters. The van der Waals surface area contributed by atoms with Crippen molar-refractivity contribution in [1.29, 1.82) is 0 Å². The highest BCUT2D eigenvalue weighted by molar-refractivity contribution is 5.40. The summed E-state index contributed by atoms with van der Waals surface area (Å²) in [5.74, 6) is 0.953. The number of hydrogen-bond donors (Lipinski definition) is 0. The van der Waals surface area contributed by atoms with E-state index in [1.807, 2.05) is 0 Å². The van der Waals surface area contributed by atoms with Gasteiger partial charge in [0.25, 0.3) is 0 Å². The van der Waals surface area contributed by atoms with Gasteiger partial charge in [-0.25, -0.2) is 0 Å². The molecule has 2 aromatic carbocycles. The standard InChI is InChI=1S/C23H33NO/c1-5-6-10-17-23(2,20-11-8-7-9-12-20)21-13-15-22(16-14-21)25-19-18-24(3)4/h7-9,11-16H,5-6,10,17-19H2,1-4H3. The first-order valence-corrected chi connectivity index (χ1v) is 9.50. The van der Waals surface area contributed by atoms with E-state index in [4.69, 9.17) is 4.74 Å². The maximum absolute atomic E-state index is 5.85. The van der Waals surface area contributed by atoms with Crippen LogP contribution in [0.4, 0.5) is 0 Å². The molecule has 0 saturated carbocycles. The molecule has 25 heavy (non-hydrogen) atoms. The van der Waals surface area contributed by atoms with Gasteiger partial charge in [0.05, 0.1) is 0 Å². The quantitative estimate of drug-likeness (QED) is 0.529. The number of rotatable bonds is 10. The highest BCUT2D eigenvalue weighted by Crippen LogP contribution is 2.37. The Morgan fingerprint density at radius 3 is 2.12 bits per heavy atom. The molecule has 2 nitrogen and oxygen atoms in total. The minimum atomic E-state index is 0.0542. The summed E-state index contributed by atoms with van der Waals surface area (Å²) in [4.78, 5) is 2.13. The Labute approximate surface area is 153 Å². The van der Waals surface area contributed by atoms with Gasteiger partial charge < -0.3 is 9.64 Å². The van der Waals surface area contributed by atoms with Gasteiger partial charge >= 0.3 is 0 Å². The predicted octanol–water partition coefficient (Wildman–Crippen LogP) is 5.51. The van der Waals surface area contributed by atoms with Crippen molar-refractivity contribution >= 4 is 0 Å². The lowest BCUT2D eigenvalue weighted by atomic mass is 9.72. The monoisotopic (exact) mass is 339 g/mol. The lowest BCUT2D eigenvalue weighted by molar-refractivity contribution is 0.261.